The fourth-order valence-corrected chi connectivity index (χ4v) is 5.01. The predicted molar refractivity (Wildman–Crippen MR) is 85.2 cm³/mol. The molecule has 0 saturated carbocycles. The van der Waals surface area contributed by atoms with Crippen molar-refractivity contribution in [2.75, 3.05) is 13.1 Å². The van der Waals surface area contributed by atoms with Gasteiger partial charge < -0.3 is 10.2 Å². The molecule has 1 aromatic rings. The fourth-order valence-electron chi connectivity index (χ4n) is 4.02. The van der Waals surface area contributed by atoms with E-state index >= 15 is 0 Å². The lowest BCUT2D eigenvalue weighted by atomic mass is 9.84. The number of carbonyl (C=O) groups is 3. The SMILES string of the molecule is O=C1NC(=O)[C@]2(CCCN(C(=O)[C@@H]3CCCc4sccc43)C2)N1. The number of rotatable bonds is 1. The first-order valence-corrected chi connectivity index (χ1v) is 8.96. The number of hydrogen-bond donors (Lipinski definition) is 2. The highest BCUT2D eigenvalue weighted by Gasteiger charge is 2.50. The van der Waals surface area contributed by atoms with Crippen molar-refractivity contribution in [3.8, 4) is 0 Å². The number of aryl methyl sites for hydroxylation is 1. The summed E-state index contributed by atoms with van der Waals surface area (Å²) in [7, 11) is 0. The molecule has 3 aliphatic rings. The van der Waals surface area contributed by atoms with Gasteiger partial charge in [0.05, 0.1) is 12.5 Å². The first kappa shape index (κ1) is 14.7. The highest BCUT2D eigenvalue weighted by atomic mass is 32.1. The summed E-state index contributed by atoms with van der Waals surface area (Å²) in [6.07, 6.45) is 4.26. The minimum absolute atomic E-state index is 0.0948. The van der Waals surface area contributed by atoms with E-state index in [1.807, 2.05) is 0 Å². The molecule has 2 atom stereocenters. The van der Waals surface area contributed by atoms with E-state index in [-0.39, 0.29) is 24.3 Å². The van der Waals surface area contributed by atoms with Gasteiger partial charge in [-0.25, -0.2) is 4.79 Å². The lowest BCUT2D eigenvalue weighted by Crippen LogP contribution is -2.60. The van der Waals surface area contributed by atoms with Crippen LogP contribution in [0.25, 0.3) is 0 Å². The van der Waals surface area contributed by atoms with Crippen LogP contribution in [0.2, 0.25) is 0 Å². The van der Waals surface area contributed by atoms with E-state index in [1.54, 1.807) is 16.2 Å². The zero-order valence-corrected chi connectivity index (χ0v) is 13.6. The van der Waals surface area contributed by atoms with Crippen molar-refractivity contribution in [3.63, 3.8) is 0 Å². The Bertz CT molecular complexity index is 686. The van der Waals surface area contributed by atoms with Gasteiger partial charge in [-0.3, -0.25) is 14.9 Å². The highest BCUT2D eigenvalue weighted by Crippen LogP contribution is 2.37. The van der Waals surface area contributed by atoms with Gasteiger partial charge >= 0.3 is 6.03 Å². The highest BCUT2D eigenvalue weighted by molar-refractivity contribution is 7.10. The molecule has 7 heteroatoms. The number of urea groups is 1. The summed E-state index contributed by atoms with van der Waals surface area (Å²) in [6.45, 7) is 0.930. The van der Waals surface area contributed by atoms with Gasteiger partial charge in [0.25, 0.3) is 5.91 Å². The molecule has 2 N–H and O–H groups in total. The van der Waals surface area contributed by atoms with Gasteiger partial charge in [-0.15, -0.1) is 11.3 Å². The number of likely N-dealkylation sites (tertiary alicyclic amines) is 1. The zero-order chi connectivity index (χ0) is 16.0. The molecule has 2 aliphatic heterocycles. The summed E-state index contributed by atoms with van der Waals surface area (Å²) >= 11 is 1.72. The Balaban J connectivity index is 1.56. The third-order valence-electron chi connectivity index (χ3n) is 5.17. The molecule has 3 heterocycles. The van der Waals surface area contributed by atoms with Gasteiger partial charge in [-0.1, -0.05) is 0 Å². The van der Waals surface area contributed by atoms with Gasteiger partial charge in [0, 0.05) is 11.4 Å². The molecule has 6 nitrogen and oxygen atoms in total. The third-order valence-corrected chi connectivity index (χ3v) is 6.17. The fraction of sp³-hybridized carbons (Fsp3) is 0.562. The molecular formula is C16H19N3O3S. The van der Waals surface area contributed by atoms with Crippen molar-refractivity contribution in [1.82, 2.24) is 15.5 Å². The smallest absolute Gasteiger partial charge is 0.322 e. The van der Waals surface area contributed by atoms with Crippen molar-refractivity contribution in [1.29, 1.82) is 0 Å². The number of hydrogen-bond acceptors (Lipinski definition) is 4. The van der Waals surface area contributed by atoms with Gasteiger partial charge in [-0.2, -0.15) is 0 Å². The van der Waals surface area contributed by atoms with E-state index < -0.39 is 11.6 Å². The average Bonchev–Trinajstić information content (AvgIpc) is 3.11. The Kier molecular flexibility index (Phi) is 3.41. The number of nitrogens with one attached hydrogen (secondary N) is 2. The van der Waals surface area contributed by atoms with Crippen LogP contribution in [0.1, 0.15) is 42.0 Å². The molecule has 1 aliphatic carbocycles. The second-order valence-electron chi connectivity index (χ2n) is 6.60. The molecule has 0 unspecified atom stereocenters. The van der Waals surface area contributed by atoms with Crippen molar-refractivity contribution in [2.45, 2.75) is 43.6 Å². The van der Waals surface area contributed by atoms with Crippen LogP contribution in [0.15, 0.2) is 11.4 Å². The molecule has 23 heavy (non-hydrogen) atoms. The maximum atomic E-state index is 13.0. The summed E-state index contributed by atoms with van der Waals surface area (Å²) in [5, 5.41) is 7.09. The molecule has 1 aromatic heterocycles. The largest absolute Gasteiger partial charge is 0.339 e. The van der Waals surface area contributed by atoms with Crippen LogP contribution >= 0.6 is 11.3 Å². The lowest BCUT2D eigenvalue weighted by molar-refractivity contribution is -0.137. The average molecular weight is 333 g/mol. The van der Waals surface area contributed by atoms with E-state index in [0.29, 0.717) is 13.0 Å². The Morgan fingerprint density at radius 3 is 3.00 bits per heavy atom. The Morgan fingerprint density at radius 1 is 1.35 bits per heavy atom. The van der Waals surface area contributed by atoms with E-state index in [9.17, 15) is 14.4 Å². The quantitative estimate of drug-likeness (QED) is 0.762. The molecule has 1 spiro atoms. The van der Waals surface area contributed by atoms with Crippen molar-refractivity contribution >= 4 is 29.2 Å². The number of carbonyl (C=O) groups excluding carboxylic acids is 3. The number of imide groups is 1. The molecular weight excluding hydrogens is 314 g/mol. The molecule has 0 aromatic carbocycles. The van der Waals surface area contributed by atoms with E-state index in [0.717, 1.165) is 31.2 Å². The molecule has 0 radical (unpaired) electrons. The minimum Gasteiger partial charge on any atom is -0.339 e. The monoisotopic (exact) mass is 333 g/mol. The van der Waals surface area contributed by atoms with Gasteiger partial charge in [0.2, 0.25) is 5.91 Å². The first-order chi connectivity index (χ1) is 11.1. The summed E-state index contributed by atoms with van der Waals surface area (Å²) in [6, 6.07) is 1.60. The van der Waals surface area contributed by atoms with Crippen LogP contribution in [-0.4, -0.2) is 41.4 Å². The van der Waals surface area contributed by atoms with Crippen LogP contribution in [0.3, 0.4) is 0 Å². The Labute approximate surface area is 138 Å². The summed E-state index contributed by atoms with van der Waals surface area (Å²) in [5.74, 6) is -0.308. The van der Waals surface area contributed by atoms with Crippen LogP contribution in [-0.2, 0) is 16.0 Å². The van der Waals surface area contributed by atoms with E-state index in [1.165, 1.54) is 4.88 Å². The first-order valence-electron chi connectivity index (χ1n) is 8.08. The number of thiophene rings is 1. The van der Waals surface area contributed by atoms with Gasteiger partial charge in [0.15, 0.2) is 0 Å². The minimum atomic E-state index is -0.933. The second-order valence-corrected chi connectivity index (χ2v) is 7.60. The number of nitrogens with zero attached hydrogens (tertiary/aromatic N) is 1. The summed E-state index contributed by atoms with van der Waals surface area (Å²) in [5.41, 5.74) is 0.225. The number of fused-ring (bicyclic) bond motifs is 1. The molecule has 4 amide bonds. The van der Waals surface area contributed by atoms with Crippen LogP contribution in [0.4, 0.5) is 4.79 Å². The standard InChI is InChI=1S/C16H19N3O3S/c20-13(11-3-1-4-12-10(11)5-8-23-12)19-7-2-6-16(9-19)14(21)17-15(22)18-16/h5,8,11H,1-4,6-7,9H2,(H2,17,18,21,22)/t11-,16-/m1/s1. The molecule has 0 bridgehead atoms. The molecule has 4 rings (SSSR count). The van der Waals surface area contributed by atoms with E-state index in [2.05, 4.69) is 22.1 Å². The molecule has 2 fully saturated rings. The van der Waals surface area contributed by atoms with E-state index in [4.69, 9.17) is 0 Å². The van der Waals surface area contributed by atoms with Gasteiger partial charge in [0.1, 0.15) is 5.54 Å². The number of piperidine rings is 1. The summed E-state index contributed by atoms with van der Waals surface area (Å²) in [4.78, 5) is 39.7. The Hall–Kier alpha value is -1.89. The van der Waals surface area contributed by atoms with Crippen LogP contribution < -0.4 is 10.6 Å². The predicted octanol–water partition coefficient (Wildman–Crippen LogP) is 1.37. The third kappa shape index (κ3) is 2.34. The zero-order valence-electron chi connectivity index (χ0n) is 12.8. The molecule has 122 valence electrons. The maximum Gasteiger partial charge on any atom is 0.322 e. The number of amides is 4. The van der Waals surface area contributed by atoms with Crippen molar-refractivity contribution in [2.24, 2.45) is 0 Å². The van der Waals surface area contributed by atoms with Crippen LogP contribution in [0, 0.1) is 0 Å². The normalized spacial score (nSPS) is 30.1. The van der Waals surface area contributed by atoms with Crippen molar-refractivity contribution < 1.29 is 14.4 Å². The topological polar surface area (TPSA) is 78.5 Å². The Morgan fingerprint density at radius 2 is 2.22 bits per heavy atom. The second kappa shape index (κ2) is 5.33. The lowest BCUT2D eigenvalue weighted by Gasteiger charge is -2.40. The molecule has 2 saturated heterocycles. The van der Waals surface area contributed by atoms with Crippen LogP contribution in [0.5, 0.6) is 0 Å². The van der Waals surface area contributed by atoms with Gasteiger partial charge in [-0.05, 0) is 49.1 Å². The summed E-state index contributed by atoms with van der Waals surface area (Å²) < 4.78 is 0. The van der Waals surface area contributed by atoms with Crippen molar-refractivity contribution in [3.05, 3.63) is 21.9 Å². The maximum absolute atomic E-state index is 13.0.